The van der Waals surface area contributed by atoms with Crippen LogP contribution < -0.4 is 5.32 Å². The number of carbonyl (C=O) groups excluding carboxylic acids is 1. The van der Waals surface area contributed by atoms with E-state index in [1.54, 1.807) is 24.4 Å². The molecule has 0 saturated heterocycles. The van der Waals surface area contributed by atoms with Gasteiger partial charge in [-0.15, -0.1) is 5.10 Å². The molecule has 0 unspecified atom stereocenters. The van der Waals surface area contributed by atoms with Gasteiger partial charge >= 0.3 is 0 Å². The first-order valence-electron chi connectivity index (χ1n) is 8.53. The molecule has 2 aromatic rings. The molecule has 1 heterocycles. The lowest BCUT2D eigenvalue weighted by atomic mass is 9.86. The number of carbonyl (C=O) groups is 1. The first-order valence-corrected chi connectivity index (χ1v) is 8.53. The summed E-state index contributed by atoms with van der Waals surface area (Å²) in [4.78, 5) is 12.4. The molecule has 1 saturated carbocycles. The Morgan fingerprint density at radius 2 is 2.08 bits per heavy atom. The van der Waals surface area contributed by atoms with E-state index in [9.17, 15) is 9.18 Å². The van der Waals surface area contributed by atoms with Crippen LogP contribution in [0.2, 0.25) is 0 Å². The number of hydrogen-bond acceptors (Lipinski definition) is 3. The minimum Gasteiger partial charge on any atom is -0.348 e. The number of benzene rings is 1. The topological polar surface area (TPSA) is 59.8 Å². The minimum atomic E-state index is -0.325. The fourth-order valence-corrected chi connectivity index (χ4v) is 3.30. The molecule has 0 radical (unpaired) electrons. The molecule has 1 fully saturated rings. The Bertz CT molecular complexity index is 715. The molecule has 0 spiro atoms. The van der Waals surface area contributed by atoms with E-state index >= 15 is 0 Å². The number of nitrogens with zero attached hydrogens (tertiary/aromatic N) is 3. The van der Waals surface area contributed by atoms with E-state index in [0.29, 0.717) is 11.5 Å². The summed E-state index contributed by atoms with van der Waals surface area (Å²) in [7, 11) is 0. The van der Waals surface area contributed by atoms with Gasteiger partial charge in [0.05, 0.1) is 12.2 Å². The average molecular weight is 330 g/mol. The van der Waals surface area contributed by atoms with Gasteiger partial charge in [0.2, 0.25) is 0 Å². The van der Waals surface area contributed by atoms with E-state index in [2.05, 4.69) is 22.6 Å². The van der Waals surface area contributed by atoms with Crippen LogP contribution in [0.25, 0.3) is 0 Å². The van der Waals surface area contributed by atoms with Gasteiger partial charge in [-0.1, -0.05) is 43.2 Å². The van der Waals surface area contributed by atoms with Crippen molar-refractivity contribution in [2.24, 2.45) is 5.92 Å². The molecular weight excluding hydrogens is 307 g/mol. The highest BCUT2D eigenvalue weighted by Crippen LogP contribution is 2.24. The lowest BCUT2D eigenvalue weighted by molar-refractivity contribution is 0.0905. The van der Waals surface area contributed by atoms with Gasteiger partial charge in [-0.2, -0.15) is 0 Å². The standard InChI is InChI=1S/C18H23FN4O/c1-12-7-3-6-10-16(12)20-18(24)17-11-23(22-21-17)13(2)14-8-4-5-9-15(14)19/h4-5,8-9,11-13,16H,3,6-7,10H2,1-2H3,(H,20,24)/t12-,13-,16+/m1/s1. The molecule has 3 rings (SSSR count). The van der Waals surface area contributed by atoms with Crippen LogP contribution >= 0.6 is 0 Å². The van der Waals surface area contributed by atoms with Gasteiger partial charge in [-0.25, -0.2) is 9.07 Å². The Labute approximate surface area is 141 Å². The number of aromatic nitrogens is 3. The van der Waals surface area contributed by atoms with E-state index in [4.69, 9.17) is 0 Å². The number of halogens is 1. The molecule has 1 aliphatic rings. The van der Waals surface area contributed by atoms with Crippen LogP contribution in [0.1, 0.15) is 61.6 Å². The van der Waals surface area contributed by atoms with Gasteiger partial charge in [-0.3, -0.25) is 4.79 Å². The molecule has 6 heteroatoms. The van der Waals surface area contributed by atoms with Crippen molar-refractivity contribution in [3.63, 3.8) is 0 Å². The zero-order valence-corrected chi connectivity index (χ0v) is 14.1. The van der Waals surface area contributed by atoms with Gasteiger partial charge in [0.1, 0.15) is 5.82 Å². The van der Waals surface area contributed by atoms with Crippen molar-refractivity contribution in [2.75, 3.05) is 0 Å². The molecule has 1 aromatic heterocycles. The summed E-state index contributed by atoms with van der Waals surface area (Å²) in [6.07, 6.45) is 6.10. The van der Waals surface area contributed by atoms with Gasteiger partial charge in [0.25, 0.3) is 5.91 Å². The zero-order chi connectivity index (χ0) is 17.1. The molecule has 1 aromatic carbocycles. The largest absolute Gasteiger partial charge is 0.348 e. The van der Waals surface area contributed by atoms with Crippen LogP contribution in [0.15, 0.2) is 30.5 Å². The third-order valence-corrected chi connectivity index (χ3v) is 4.92. The summed E-state index contributed by atoms with van der Waals surface area (Å²) in [5.74, 6) is -0.0154. The Morgan fingerprint density at radius 1 is 1.33 bits per heavy atom. The summed E-state index contributed by atoms with van der Waals surface area (Å²) in [5.41, 5.74) is 0.797. The quantitative estimate of drug-likeness (QED) is 0.935. The number of nitrogens with one attached hydrogen (secondary N) is 1. The third-order valence-electron chi connectivity index (χ3n) is 4.92. The van der Waals surface area contributed by atoms with E-state index in [0.717, 1.165) is 19.3 Å². The molecule has 1 amide bonds. The monoisotopic (exact) mass is 330 g/mol. The molecule has 1 N–H and O–H groups in total. The molecule has 0 aliphatic heterocycles. The predicted octanol–water partition coefficient (Wildman–Crippen LogP) is 3.34. The summed E-state index contributed by atoms with van der Waals surface area (Å²) >= 11 is 0. The highest BCUT2D eigenvalue weighted by atomic mass is 19.1. The first-order chi connectivity index (χ1) is 11.6. The van der Waals surface area contributed by atoms with Gasteiger partial charge < -0.3 is 5.32 Å². The first kappa shape index (κ1) is 16.6. The fraction of sp³-hybridized carbons (Fsp3) is 0.500. The molecule has 3 atom stereocenters. The molecular formula is C18H23FN4O. The second kappa shape index (κ2) is 7.11. The Hall–Kier alpha value is -2.24. The number of amides is 1. The smallest absolute Gasteiger partial charge is 0.273 e. The van der Waals surface area contributed by atoms with Crippen LogP contribution in [0.5, 0.6) is 0 Å². The summed E-state index contributed by atoms with van der Waals surface area (Å²) < 4.78 is 15.4. The van der Waals surface area contributed by atoms with E-state index in [1.165, 1.54) is 17.2 Å². The number of hydrogen-bond donors (Lipinski definition) is 1. The summed E-state index contributed by atoms with van der Waals surface area (Å²) in [6.45, 7) is 4.00. The zero-order valence-electron chi connectivity index (χ0n) is 14.1. The molecule has 1 aliphatic carbocycles. The van der Waals surface area contributed by atoms with Gasteiger partial charge in [0, 0.05) is 11.6 Å². The maximum absolute atomic E-state index is 13.9. The van der Waals surface area contributed by atoms with E-state index in [1.807, 2.05) is 6.92 Å². The third kappa shape index (κ3) is 3.47. The summed E-state index contributed by atoms with van der Waals surface area (Å²) in [6, 6.07) is 6.43. The minimum absolute atomic E-state index is 0.195. The highest BCUT2D eigenvalue weighted by Gasteiger charge is 2.24. The maximum atomic E-state index is 13.9. The molecule has 128 valence electrons. The van der Waals surface area contributed by atoms with Crippen LogP contribution in [-0.2, 0) is 0 Å². The average Bonchev–Trinajstić information content (AvgIpc) is 3.07. The van der Waals surface area contributed by atoms with Crippen LogP contribution in [0.3, 0.4) is 0 Å². The lowest BCUT2D eigenvalue weighted by Crippen LogP contribution is -2.41. The van der Waals surface area contributed by atoms with Crippen molar-refractivity contribution in [1.29, 1.82) is 0 Å². The van der Waals surface area contributed by atoms with Gasteiger partial charge in [-0.05, 0) is 31.7 Å². The summed E-state index contributed by atoms with van der Waals surface area (Å²) in [5, 5.41) is 11.0. The van der Waals surface area contributed by atoms with Gasteiger partial charge in [0.15, 0.2) is 5.69 Å². The highest BCUT2D eigenvalue weighted by molar-refractivity contribution is 5.92. The predicted molar refractivity (Wildman–Crippen MR) is 89.1 cm³/mol. The lowest BCUT2D eigenvalue weighted by Gasteiger charge is -2.29. The van der Waals surface area contributed by atoms with Crippen molar-refractivity contribution in [2.45, 2.75) is 51.6 Å². The van der Waals surface area contributed by atoms with Crippen LogP contribution in [0.4, 0.5) is 4.39 Å². The fourth-order valence-electron chi connectivity index (χ4n) is 3.30. The number of rotatable bonds is 4. The van der Waals surface area contributed by atoms with Crippen molar-refractivity contribution >= 4 is 5.91 Å². The van der Waals surface area contributed by atoms with Crippen LogP contribution in [0, 0.1) is 11.7 Å². The maximum Gasteiger partial charge on any atom is 0.273 e. The Kier molecular flexibility index (Phi) is 4.92. The van der Waals surface area contributed by atoms with Crippen LogP contribution in [-0.4, -0.2) is 26.9 Å². The molecule has 24 heavy (non-hydrogen) atoms. The van der Waals surface area contributed by atoms with Crippen molar-refractivity contribution in [1.82, 2.24) is 20.3 Å². The molecule has 5 nitrogen and oxygen atoms in total. The molecule has 0 bridgehead atoms. The SMILES string of the molecule is C[C@@H]1CCCC[C@@H]1NC(=O)c1cn([C@H](C)c2ccccc2F)nn1. The second-order valence-electron chi connectivity index (χ2n) is 6.62. The normalized spacial score (nSPS) is 22.1. The van der Waals surface area contributed by atoms with E-state index in [-0.39, 0.29) is 29.5 Å². The van der Waals surface area contributed by atoms with Crippen molar-refractivity contribution in [3.05, 3.63) is 47.5 Å². The van der Waals surface area contributed by atoms with Crippen molar-refractivity contribution in [3.8, 4) is 0 Å². The Morgan fingerprint density at radius 3 is 2.83 bits per heavy atom. The Balaban J connectivity index is 1.71. The van der Waals surface area contributed by atoms with E-state index < -0.39 is 0 Å². The second-order valence-corrected chi connectivity index (χ2v) is 6.62. The van der Waals surface area contributed by atoms with Crippen molar-refractivity contribution < 1.29 is 9.18 Å².